The van der Waals surface area contributed by atoms with Gasteiger partial charge in [-0.2, -0.15) is 0 Å². The summed E-state index contributed by atoms with van der Waals surface area (Å²) in [6.07, 6.45) is 3.93. The van der Waals surface area contributed by atoms with Gasteiger partial charge < -0.3 is 5.32 Å². The fourth-order valence-electron chi connectivity index (χ4n) is 2.93. The minimum Gasteiger partial charge on any atom is -0.365 e. The number of aliphatic imine (C=N–C) groups is 1. The summed E-state index contributed by atoms with van der Waals surface area (Å²) in [7, 11) is 0. The molecular formula is C16H19BrCl2N2OS. The predicted molar refractivity (Wildman–Crippen MR) is 105 cm³/mol. The van der Waals surface area contributed by atoms with E-state index in [1.165, 1.54) is 11.8 Å². The Labute approximate surface area is 161 Å². The molecule has 1 aliphatic heterocycles. The van der Waals surface area contributed by atoms with Crippen molar-refractivity contribution in [1.82, 2.24) is 5.32 Å². The SMILES string of the molecule is Br.O=C(CSC1=NCCCN1)C1(c2ccc(Cl)c(Cl)c2)CCC1. The molecule has 3 rings (SSSR count). The third-order valence-electron chi connectivity index (χ3n) is 4.42. The zero-order valence-electron chi connectivity index (χ0n) is 12.6. The Balaban J connectivity index is 0.00000192. The monoisotopic (exact) mass is 436 g/mol. The maximum Gasteiger partial charge on any atom is 0.156 e. The van der Waals surface area contributed by atoms with Crippen molar-refractivity contribution < 1.29 is 4.79 Å². The lowest BCUT2D eigenvalue weighted by molar-refractivity contribution is -0.124. The van der Waals surface area contributed by atoms with Crippen LogP contribution in [0.5, 0.6) is 0 Å². The second kappa shape index (κ2) is 8.24. The molecule has 7 heteroatoms. The lowest BCUT2D eigenvalue weighted by Gasteiger charge is -2.41. The van der Waals surface area contributed by atoms with Gasteiger partial charge in [-0.3, -0.25) is 9.79 Å². The highest BCUT2D eigenvalue weighted by Gasteiger charge is 2.45. The van der Waals surface area contributed by atoms with E-state index < -0.39 is 0 Å². The number of amidine groups is 1. The highest BCUT2D eigenvalue weighted by molar-refractivity contribution is 8.93. The Morgan fingerprint density at radius 1 is 1.26 bits per heavy atom. The number of thioether (sulfide) groups is 1. The first-order chi connectivity index (χ1) is 10.6. The molecule has 23 heavy (non-hydrogen) atoms. The number of carbonyl (C=O) groups is 1. The number of hydrogen-bond acceptors (Lipinski definition) is 4. The van der Waals surface area contributed by atoms with Gasteiger partial charge in [-0.25, -0.2) is 0 Å². The molecule has 1 aromatic rings. The van der Waals surface area contributed by atoms with Gasteiger partial charge in [0.15, 0.2) is 11.0 Å². The van der Waals surface area contributed by atoms with E-state index in [2.05, 4.69) is 10.3 Å². The van der Waals surface area contributed by atoms with Crippen LogP contribution in [-0.2, 0) is 10.2 Å². The molecule has 0 saturated heterocycles. The fraction of sp³-hybridized carbons (Fsp3) is 0.500. The van der Waals surface area contributed by atoms with Crippen LogP contribution in [0.1, 0.15) is 31.2 Å². The van der Waals surface area contributed by atoms with Crippen molar-refractivity contribution in [3.8, 4) is 0 Å². The normalized spacial score (nSPS) is 19.0. The van der Waals surface area contributed by atoms with Crippen LogP contribution in [0, 0.1) is 0 Å². The zero-order chi connectivity index (χ0) is 15.6. The van der Waals surface area contributed by atoms with Gasteiger partial charge >= 0.3 is 0 Å². The lowest BCUT2D eigenvalue weighted by atomic mass is 9.62. The van der Waals surface area contributed by atoms with Gasteiger partial charge in [0.25, 0.3) is 0 Å². The molecule has 0 amide bonds. The van der Waals surface area contributed by atoms with Crippen molar-refractivity contribution in [2.45, 2.75) is 31.1 Å². The fourth-order valence-corrected chi connectivity index (χ4v) is 4.16. The molecular weight excluding hydrogens is 419 g/mol. The largest absolute Gasteiger partial charge is 0.365 e. The summed E-state index contributed by atoms with van der Waals surface area (Å²) >= 11 is 13.6. The van der Waals surface area contributed by atoms with Gasteiger partial charge in [-0.05, 0) is 37.0 Å². The van der Waals surface area contributed by atoms with E-state index in [1.807, 2.05) is 12.1 Å². The van der Waals surface area contributed by atoms with Gasteiger partial charge in [-0.15, -0.1) is 17.0 Å². The number of rotatable bonds is 4. The summed E-state index contributed by atoms with van der Waals surface area (Å²) in [6.45, 7) is 1.79. The molecule has 1 N–H and O–H groups in total. The Kier molecular flexibility index (Phi) is 6.84. The van der Waals surface area contributed by atoms with Crippen LogP contribution in [-0.4, -0.2) is 29.8 Å². The van der Waals surface area contributed by atoms with Crippen molar-refractivity contribution in [2.75, 3.05) is 18.8 Å². The average molecular weight is 438 g/mol. The molecule has 1 saturated carbocycles. The van der Waals surface area contributed by atoms with Gasteiger partial charge in [0.2, 0.25) is 0 Å². The smallest absolute Gasteiger partial charge is 0.156 e. The standard InChI is InChI=1S/C16H18Cl2N2OS.BrH/c17-12-4-3-11(9-13(12)18)16(5-1-6-16)14(21)10-22-15-19-7-2-8-20-15;/h3-4,9H,1-2,5-8,10H2,(H,19,20);1H. The second-order valence-electron chi connectivity index (χ2n) is 5.74. The third-order valence-corrected chi connectivity index (χ3v) is 6.11. The van der Waals surface area contributed by atoms with E-state index in [1.54, 1.807) is 6.07 Å². The number of hydrogen-bond donors (Lipinski definition) is 1. The first kappa shape index (κ1) is 19.1. The molecule has 0 radical (unpaired) electrons. The first-order valence-electron chi connectivity index (χ1n) is 7.52. The van der Waals surface area contributed by atoms with Crippen molar-refractivity contribution in [3.63, 3.8) is 0 Å². The summed E-state index contributed by atoms with van der Waals surface area (Å²) in [4.78, 5) is 17.2. The van der Waals surface area contributed by atoms with E-state index in [0.717, 1.165) is 49.5 Å². The molecule has 1 aliphatic carbocycles. The molecule has 0 spiro atoms. The Bertz CT molecular complexity index is 620. The van der Waals surface area contributed by atoms with Crippen molar-refractivity contribution in [1.29, 1.82) is 0 Å². The quantitative estimate of drug-likeness (QED) is 0.745. The van der Waals surface area contributed by atoms with Crippen LogP contribution in [0.4, 0.5) is 0 Å². The highest BCUT2D eigenvalue weighted by atomic mass is 79.9. The summed E-state index contributed by atoms with van der Waals surface area (Å²) in [6, 6.07) is 5.57. The predicted octanol–water partition coefficient (Wildman–Crippen LogP) is 4.64. The van der Waals surface area contributed by atoms with E-state index in [0.29, 0.717) is 15.8 Å². The molecule has 0 unspecified atom stereocenters. The number of nitrogens with zero attached hydrogens (tertiary/aromatic N) is 1. The number of carbonyl (C=O) groups excluding carboxylic acids is 1. The third kappa shape index (κ3) is 4.06. The van der Waals surface area contributed by atoms with Gasteiger partial charge in [0, 0.05) is 13.1 Å². The van der Waals surface area contributed by atoms with Crippen LogP contribution in [0.15, 0.2) is 23.2 Å². The summed E-state index contributed by atoms with van der Waals surface area (Å²) < 4.78 is 0. The van der Waals surface area contributed by atoms with Crippen LogP contribution in [0.2, 0.25) is 10.0 Å². The number of nitrogens with one attached hydrogen (secondary N) is 1. The van der Waals surface area contributed by atoms with Gasteiger partial charge in [-0.1, -0.05) is 47.5 Å². The molecule has 126 valence electrons. The Morgan fingerprint density at radius 3 is 2.61 bits per heavy atom. The summed E-state index contributed by atoms with van der Waals surface area (Å²) in [5.74, 6) is 0.712. The maximum absolute atomic E-state index is 12.8. The molecule has 3 nitrogen and oxygen atoms in total. The topological polar surface area (TPSA) is 41.5 Å². The van der Waals surface area contributed by atoms with Crippen molar-refractivity contribution in [2.24, 2.45) is 4.99 Å². The minimum absolute atomic E-state index is 0. The number of Topliss-reactive ketones (excluding diaryl/α,β-unsaturated/α-hetero) is 1. The molecule has 0 bridgehead atoms. The number of benzene rings is 1. The molecule has 0 atom stereocenters. The van der Waals surface area contributed by atoms with Crippen LogP contribution >= 0.6 is 51.9 Å². The van der Waals surface area contributed by atoms with E-state index >= 15 is 0 Å². The minimum atomic E-state index is -0.379. The van der Waals surface area contributed by atoms with Crippen molar-refractivity contribution >= 4 is 62.9 Å². The molecule has 1 heterocycles. The van der Waals surface area contributed by atoms with Crippen LogP contribution < -0.4 is 5.32 Å². The molecule has 0 aromatic heterocycles. The highest BCUT2D eigenvalue weighted by Crippen LogP contribution is 2.46. The molecule has 2 aliphatic rings. The van der Waals surface area contributed by atoms with E-state index in [9.17, 15) is 4.79 Å². The van der Waals surface area contributed by atoms with E-state index in [-0.39, 0.29) is 28.2 Å². The Morgan fingerprint density at radius 2 is 2.04 bits per heavy atom. The van der Waals surface area contributed by atoms with Gasteiger partial charge in [0.05, 0.1) is 21.2 Å². The van der Waals surface area contributed by atoms with E-state index in [4.69, 9.17) is 23.2 Å². The average Bonchev–Trinajstić information content (AvgIpc) is 2.49. The molecule has 1 fully saturated rings. The molecule has 1 aromatic carbocycles. The Hall–Kier alpha value is -0.230. The van der Waals surface area contributed by atoms with Gasteiger partial charge in [0.1, 0.15) is 0 Å². The first-order valence-corrected chi connectivity index (χ1v) is 9.26. The summed E-state index contributed by atoms with van der Waals surface area (Å²) in [5.41, 5.74) is 0.619. The number of halogens is 3. The summed E-state index contributed by atoms with van der Waals surface area (Å²) in [5, 5.41) is 5.18. The lowest BCUT2D eigenvalue weighted by Crippen LogP contribution is -2.44. The van der Waals surface area contributed by atoms with Crippen LogP contribution in [0.3, 0.4) is 0 Å². The zero-order valence-corrected chi connectivity index (χ0v) is 16.7. The maximum atomic E-state index is 12.8. The number of ketones is 1. The second-order valence-corrected chi connectivity index (χ2v) is 7.52. The van der Waals surface area contributed by atoms with Crippen LogP contribution in [0.25, 0.3) is 0 Å². The van der Waals surface area contributed by atoms with Crippen molar-refractivity contribution in [3.05, 3.63) is 33.8 Å².